The molecule has 0 aliphatic heterocycles. The van der Waals surface area contributed by atoms with Gasteiger partial charge in [0.2, 0.25) is 5.91 Å². The Kier molecular flexibility index (Phi) is 5.65. The number of ether oxygens (including phenoxy) is 1. The Morgan fingerprint density at radius 2 is 2.17 bits per heavy atom. The summed E-state index contributed by atoms with van der Waals surface area (Å²) in [6.45, 7) is 7.04. The molecule has 4 nitrogen and oxygen atoms in total. The number of carbonyl (C=O) groups is 1. The predicted molar refractivity (Wildman–Crippen MR) is 72.6 cm³/mol. The van der Waals surface area contributed by atoms with Gasteiger partial charge in [-0.3, -0.25) is 4.79 Å². The zero-order valence-corrected chi connectivity index (χ0v) is 11.3. The average Bonchev–Trinajstić information content (AvgIpc) is 2.33. The zero-order valence-electron chi connectivity index (χ0n) is 11.3. The third-order valence-electron chi connectivity index (χ3n) is 2.71. The minimum absolute atomic E-state index is 0.0437. The zero-order chi connectivity index (χ0) is 13.5. The minimum Gasteiger partial charge on any atom is -0.492 e. The first-order valence-electron chi connectivity index (χ1n) is 6.23. The molecule has 0 aromatic heterocycles. The summed E-state index contributed by atoms with van der Waals surface area (Å²) in [5, 5.41) is 0. The van der Waals surface area contributed by atoms with Gasteiger partial charge in [0.05, 0.1) is 13.1 Å². The van der Waals surface area contributed by atoms with Gasteiger partial charge >= 0.3 is 0 Å². The van der Waals surface area contributed by atoms with E-state index < -0.39 is 0 Å². The molecule has 2 N–H and O–H groups in total. The molecule has 0 radical (unpaired) electrons. The molecule has 0 unspecified atom stereocenters. The van der Waals surface area contributed by atoms with Crippen LogP contribution in [0.5, 0.6) is 5.75 Å². The first-order valence-corrected chi connectivity index (χ1v) is 6.23. The van der Waals surface area contributed by atoms with Crippen LogP contribution in [0, 0.1) is 6.92 Å². The summed E-state index contributed by atoms with van der Waals surface area (Å²) in [7, 11) is 0. The van der Waals surface area contributed by atoms with Gasteiger partial charge < -0.3 is 15.4 Å². The molecule has 0 aliphatic carbocycles. The van der Waals surface area contributed by atoms with Crippen LogP contribution in [0.25, 0.3) is 0 Å². The molecule has 1 aromatic rings. The van der Waals surface area contributed by atoms with Crippen LogP contribution in [-0.2, 0) is 4.79 Å². The molecule has 0 bridgehead atoms. The highest BCUT2D eigenvalue weighted by atomic mass is 16.5. The molecule has 4 heteroatoms. The van der Waals surface area contributed by atoms with Crippen molar-refractivity contribution in [1.82, 2.24) is 4.90 Å². The first-order chi connectivity index (χ1) is 8.54. The van der Waals surface area contributed by atoms with Crippen molar-refractivity contribution in [3.63, 3.8) is 0 Å². The van der Waals surface area contributed by atoms with E-state index in [-0.39, 0.29) is 18.5 Å². The van der Waals surface area contributed by atoms with Gasteiger partial charge in [-0.1, -0.05) is 12.1 Å². The number of aryl methyl sites for hydroxylation is 1. The van der Waals surface area contributed by atoms with Gasteiger partial charge in [-0.2, -0.15) is 0 Å². The third kappa shape index (κ3) is 4.37. The molecule has 0 aliphatic rings. The Morgan fingerprint density at radius 1 is 1.44 bits per heavy atom. The fraction of sp³-hybridized carbons (Fsp3) is 0.500. The quantitative estimate of drug-likeness (QED) is 0.833. The van der Waals surface area contributed by atoms with Crippen molar-refractivity contribution in [2.75, 3.05) is 19.7 Å². The molecule has 18 heavy (non-hydrogen) atoms. The Balaban J connectivity index is 2.46. The average molecular weight is 250 g/mol. The first kappa shape index (κ1) is 14.5. The molecule has 0 heterocycles. The van der Waals surface area contributed by atoms with Gasteiger partial charge in [0, 0.05) is 6.04 Å². The maximum Gasteiger partial charge on any atom is 0.236 e. The fourth-order valence-corrected chi connectivity index (χ4v) is 1.76. The van der Waals surface area contributed by atoms with E-state index in [0.29, 0.717) is 13.2 Å². The van der Waals surface area contributed by atoms with E-state index in [1.165, 1.54) is 0 Å². The SMILES string of the molecule is Cc1cccc(OCCN(C(=O)CN)C(C)C)c1. The van der Waals surface area contributed by atoms with E-state index >= 15 is 0 Å². The second kappa shape index (κ2) is 7.01. The molecule has 1 amide bonds. The second-order valence-electron chi connectivity index (χ2n) is 4.55. The number of nitrogens with zero attached hydrogens (tertiary/aromatic N) is 1. The van der Waals surface area contributed by atoms with E-state index in [0.717, 1.165) is 11.3 Å². The maximum absolute atomic E-state index is 11.6. The molecule has 1 rings (SSSR count). The number of rotatable bonds is 6. The molecular formula is C14H22N2O2. The van der Waals surface area contributed by atoms with Crippen molar-refractivity contribution in [1.29, 1.82) is 0 Å². The second-order valence-corrected chi connectivity index (χ2v) is 4.55. The van der Waals surface area contributed by atoms with Crippen molar-refractivity contribution in [2.24, 2.45) is 5.73 Å². The molecular weight excluding hydrogens is 228 g/mol. The topological polar surface area (TPSA) is 55.6 Å². The van der Waals surface area contributed by atoms with E-state index in [4.69, 9.17) is 10.5 Å². The lowest BCUT2D eigenvalue weighted by molar-refractivity contribution is -0.131. The summed E-state index contributed by atoms with van der Waals surface area (Å²) in [4.78, 5) is 13.3. The molecule has 0 fully saturated rings. The van der Waals surface area contributed by atoms with Crippen LogP contribution in [0.1, 0.15) is 19.4 Å². The monoisotopic (exact) mass is 250 g/mol. The van der Waals surface area contributed by atoms with Gasteiger partial charge in [0.1, 0.15) is 12.4 Å². The van der Waals surface area contributed by atoms with Crippen LogP contribution < -0.4 is 10.5 Å². The standard InChI is InChI=1S/C14H22N2O2/c1-11(2)16(14(17)10-15)7-8-18-13-6-4-5-12(3)9-13/h4-6,9,11H,7-8,10,15H2,1-3H3. The summed E-state index contributed by atoms with van der Waals surface area (Å²) < 4.78 is 5.63. The summed E-state index contributed by atoms with van der Waals surface area (Å²) in [5.74, 6) is 0.789. The normalized spacial score (nSPS) is 10.5. The highest BCUT2D eigenvalue weighted by molar-refractivity contribution is 5.78. The Hall–Kier alpha value is -1.55. The molecule has 0 atom stereocenters. The van der Waals surface area contributed by atoms with Crippen LogP contribution in [0.15, 0.2) is 24.3 Å². The Bertz CT molecular complexity index is 391. The van der Waals surface area contributed by atoms with Crippen molar-refractivity contribution < 1.29 is 9.53 Å². The summed E-state index contributed by atoms with van der Waals surface area (Å²) in [6.07, 6.45) is 0. The van der Waals surface area contributed by atoms with E-state index in [9.17, 15) is 4.79 Å². The fourth-order valence-electron chi connectivity index (χ4n) is 1.76. The lowest BCUT2D eigenvalue weighted by Crippen LogP contribution is -2.43. The largest absolute Gasteiger partial charge is 0.492 e. The van der Waals surface area contributed by atoms with E-state index in [1.54, 1.807) is 4.90 Å². The van der Waals surface area contributed by atoms with Crippen LogP contribution in [-0.4, -0.2) is 36.5 Å². The van der Waals surface area contributed by atoms with Crippen molar-refractivity contribution in [2.45, 2.75) is 26.8 Å². The highest BCUT2D eigenvalue weighted by Gasteiger charge is 2.14. The minimum atomic E-state index is -0.0437. The lowest BCUT2D eigenvalue weighted by atomic mass is 10.2. The van der Waals surface area contributed by atoms with Gasteiger partial charge in [0.25, 0.3) is 0 Å². The molecule has 100 valence electrons. The van der Waals surface area contributed by atoms with Crippen molar-refractivity contribution in [3.05, 3.63) is 29.8 Å². The smallest absolute Gasteiger partial charge is 0.236 e. The highest BCUT2D eigenvalue weighted by Crippen LogP contribution is 2.12. The van der Waals surface area contributed by atoms with Gasteiger partial charge in [-0.15, -0.1) is 0 Å². The van der Waals surface area contributed by atoms with E-state index in [1.807, 2.05) is 45.0 Å². The lowest BCUT2D eigenvalue weighted by Gasteiger charge is -2.26. The summed E-state index contributed by atoms with van der Waals surface area (Å²) >= 11 is 0. The number of hydrogen-bond donors (Lipinski definition) is 1. The van der Waals surface area contributed by atoms with Crippen molar-refractivity contribution in [3.8, 4) is 5.75 Å². The van der Waals surface area contributed by atoms with Gasteiger partial charge in [0.15, 0.2) is 0 Å². The number of nitrogens with two attached hydrogens (primary N) is 1. The Morgan fingerprint density at radius 3 is 2.72 bits per heavy atom. The molecule has 0 saturated carbocycles. The summed E-state index contributed by atoms with van der Waals surface area (Å²) in [6, 6.07) is 8.01. The van der Waals surface area contributed by atoms with Gasteiger partial charge in [-0.05, 0) is 38.5 Å². The van der Waals surface area contributed by atoms with Crippen LogP contribution in [0.3, 0.4) is 0 Å². The van der Waals surface area contributed by atoms with E-state index in [2.05, 4.69) is 0 Å². The van der Waals surface area contributed by atoms with Gasteiger partial charge in [-0.25, -0.2) is 0 Å². The molecule has 0 saturated heterocycles. The van der Waals surface area contributed by atoms with Crippen LogP contribution >= 0.6 is 0 Å². The maximum atomic E-state index is 11.6. The summed E-state index contributed by atoms with van der Waals surface area (Å²) in [5.41, 5.74) is 6.54. The number of benzene rings is 1. The molecule has 0 spiro atoms. The van der Waals surface area contributed by atoms with Crippen molar-refractivity contribution >= 4 is 5.91 Å². The number of amides is 1. The molecule has 1 aromatic carbocycles. The number of carbonyl (C=O) groups excluding carboxylic acids is 1. The number of hydrogen-bond acceptors (Lipinski definition) is 3. The third-order valence-corrected chi connectivity index (χ3v) is 2.71. The van der Waals surface area contributed by atoms with Crippen LogP contribution in [0.2, 0.25) is 0 Å². The predicted octanol–water partition coefficient (Wildman–Crippen LogP) is 1.57. The Labute approximate surface area is 109 Å². The van der Waals surface area contributed by atoms with Crippen LogP contribution in [0.4, 0.5) is 0 Å².